The predicted octanol–water partition coefficient (Wildman–Crippen LogP) is 1.73. The number of carbonyl (C=O) groups excluding carboxylic acids is 2. The Morgan fingerprint density at radius 1 is 1.00 bits per heavy atom. The second-order valence-electron chi connectivity index (χ2n) is 6.47. The molecular weight excluding hydrogens is 348 g/mol. The molecule has 0 aromatic heterocycles. The van der Waals surface area contributed by atoms with Gasteiger partial charge >= 0.3 is 0 Å². The van der Waals surface area contributed by atoms with Gasteiger partial charge in [-0.05, 0) is 37.5 Å². The first kappa shape index (κ1) is 21.0. The molecule has 1 aliphatic heterocycles. The maximum atomic E-state index is 12.6. The van der Waals surface area contributed by atoms with Gasteiger partial charge in [-0.2, -0.15) is 0 Å². The van der Waals surface area contributed by atoms with E-state index in [0.29, 0.717) is 57.1 Å². The van der Waals surface area contributed by atoms with E-state index in [1.807, 2.05) is 30.0 Å². The molecule has 150 valence electrons. The first-order valence-corrected chi connectivity index (χ1v) is 9.43. The third kappa shape index (κ3) is 6.13. The second-order valence-corrected chi connectivity index (χ2v) is 6.47. The molecule has 7 nitrogen and oxygen atoms in total. The molecule has 7 heteroatoms. The lowest BCUT2D eigenvalue weighted by atomic mass is 10.1. The molecule has 0 bridgehead atoms. The van der Waals surface area contributed by atoms with Gasteiger partial charge in [0.25, 0.3) is 0 Å². The largest absolute Gasteiger partial charge is 0.493 e. The molecule has 2 rings (SSSR count). The molecule has 0 unspecified atom stereocenters. The van der Waals surface area contributed by atoms with Crippen molar-refractivity contribution in [2.24, 2.45) is 0 Å². The van der Waals surface area contributed by atoms with Gasteiger partial charge < -0.3 is 24.0 Å². The van der Waals surface area contributed by atoms with E-state index in [1.165, 1.54) is 7.11 Å². The van der Waals surface area contributed by atoms with Gasteiger partial charge in [-0.15, -0.1) is 0 Å². The van der Waals surface area contributed by atoms with Crippen LogP contribution in [0.4, 0.5) is 0 Å². The van der Waals surface area contributed by atoms with E-state index in [2.05, 4.69) is 0 Å². The second kappa shape index (κ2) is 10.8. The summed E-state index contributed by atoms with van der Waals surface area (Å²) in [6.45, 7) is 5.08. The molecule has 1 saturated heterocycles. The molecule has 1 aromatic carbocycles. The third-order valence-electron chi connectivity index (χ3n) is 4.62. The lowest BCUT2D eigenvalue weighted by Gasteiger charge is -2.22. The average molecular weight is 378 g/mol. The van der Waals surface area contributed by atoms with Crippen LogP contribution in [0.15, 0.2) is 18.2 Å². The monoisotopic (exact) mass is 378 g/mol. The van der Waals surface area contributed by atoms with E-state index in [1.54, 1.807) is 12.0 Å². The molecule has 2 amide bonds. The Labute approximate surface area is 161 Å². The van der Waals surface area contributed by atoms with Crippen molar-refractivity contribution < 1.29 is 23.8 Å². The van der Waals surface area contributed by atoms with Gasteiger partial charge in [0.05, 0.1) is 13.7 Å². The molecule has 1 fully saturated rings. The van der Waals surface area contributed by atoms with Crippen molar-refractivity contribution in [2.45, 2.75) is 26.2 Å². The topological polar surface area (TPSA) is 68.3 Å². The fourth-order valence-corrected chi connectivity index (χ4v) is 3.18. The summed E-state index contributed by atoms with van der Waals surface area (Å²) < 4.78 is 15.8. The number of ether oxygens (including phenoxy) is 3. The van der Waals surface area contributed by atoms with Crippen LogP contribution in [0.1, 0.15) is 25.3 Å². The Bertz CT molecular complexity index is 635. The summed E-state index contributed by atoms with van der Waals surface area (Å²) in [6.07, 6.45) is 1.87. The number of amides is 2. The highest BCUT2D eigenvalue weighted by Crippen LogP contribution is 2.28. The number of rotatable bonds is 8. The molecule has 0 atom stereocenters. The van der Waals surface area contributed by atoms with Crippen molar-refractivity contribution in [3.05, 3.63) is 23.8 Å². The van der Waals surface area contributed by atoms with Crippen LogP contribution in [0.5, 0.6) is 11.5 Å². The zero-order valence-corrected chi connectivity index (χ0v) is 16.5. The summed E-state index contributed by atoms with van der Waals surface area (Å²) in [5.41, 5.74) is 1.04. The molecule has 0 N–H and O–H groups in total. The first-order chi connectivity index (χ1) is 13.1. The van der Waals surface area contributed by atoms with Gasteiger partial charge in [-0.3, -0.25) is 9.59 Å². The van der Waals surface area contributed by atoms with E-state index in [4.69, 9.17) is 14.2 Å². The smallest absolute Gasteiger partial charge is 0.248 e. The number of benzene rings is 1. The number of hydrogen-bond acceptors (Lipinski definition) is 5. The molecule has 1 heterocycles. The number of nitrogens with zero attached hydrogens (tertiary/aromatic N) is 2. The maximum absolute atomic E-state index is 12.6. The lowest BCUT2D eigenvalue weighted by Crippen LogP contribution is -2.38. The fourth-order valence-electron chi connectivity index (χ4n) is 3.18. The van der Waals surface area contributed by atoms with E-state index in [-0.39, 0.29) is 18.4 Å². The van der Waals surface area contributed by atoms with Crippen LogP contribution in [0.25, 0.3) is 0 Å². The molecular formula is C20H30N2O5. The summed E-state index contributed by atoms with van der Waals surface area (Å²) >= 11 is 0. The van der Waals surface area contributed by atoms with Gasteiger partial charge in [-0.1, -0.05) is 6.07 Å². The van der Waals surface area contributed by atoms with Crippen molar-refractivity contribution in [3.8, 4) is 11.5 Å². The van der Waals surface area contributed by atoms with Crippen LogP contribution in [-0.4, -0.2) is 75.2 Å². The highest BCUT2D eigenvalue weighted by Gasteiger charge is 2.21. The van der Waals surface area contributed by atoms with Crippen molar-refractivity contribution in [3.63, 3.8) is 0 Å². The summed E-state index contributed by atoms with van der Waals surface area (Å²) in [7, 11) is 3.13. The summed E-state index contributed by atoms with van der Waals surface area (Å²) in [6, 6.07) is 5.77. The number of carbonyl (C=O) groups is 2. The van der Waals surface area contributed by atoms with Crippen LogP contribution >= 0.6 is 0 Å². The number of methoxy groups -OCH3 is 2. The zero-order valence-electron chi connectivity index (χ0n) is 16.5. The highest BCUT2D eigenvalue weighted by molar-refractivity contribution is 5.78. The van der Waals surface area contributed by atoms with Crippen LogP contribution in [0.3, 0.4) is 0 Å². The van der Waals surface area contributed by atoms with E-state index in [0.717, 1.165) is 12.0 Å². The molecule has 0 radical (unpaired) electrons. The van der Waals surface area contributed by atoms with Crippen molar-refractivity contribution in [2.75, 3.05) is 53.6 Å². The van der Waals surface area contributed by atoms with E-state index >= 15 is 0 Å². The van der Waals surface area contributed by atoms with E-state index in [9.17, 15) is 9.59 Å². The van der Waals surface area contributed by atoms with Crippen LogP contribution < -0.4 is 9.47 Å². The Balaban J connectivity index is 1.87. The number of hydrogen-bond donors (Lipinski definition) is 0. The maximum Gasteiger partial charge on any atom is 0.248 e. The Morgan fingerprint density at radius 3 is 2.33 bits per heavy atom. The molecule has 0 spiro atoms. The third-order valence-corrected chi connectivity index (χ3v) is 4.62. The van der Waals surface area contributed by atoms with Crippen molar-refractivity contribution in [1.29, 1.82) is 0 Å². The van der Waals surface area contributed by atoms with Crippen molar-refractivity contribution in [1.82, 2.24) is 9.80 Å². The van der Waals surface area contributed by atoms with E-state index < -0.39 is 0 Å². The van der Waals surface area contributed by atoms with Gasteiger partial charge in [0.2, 0.25) is 11.8 Å². The van der Waals surface area contributed by atoms with Gasteiger partial charge in [0.15, 0.2) is 11.5 Å². The SMILES string of the molecule is CCOc1ccc(CCC(=O)N2CCCN(C(=O)COC)CC2)cc1OC. The number of aryl methyl sites for hydroxylation is 1. The highest BCUT2D eigenvalue weighted by atomic mass is 16.5. The minimum atomic E-state index is -0.0201. The van der Waals surface area contributed by atoms with Crippen LogP contribution in [-0.2, 0) is 20.7 Å². The van der Waals surface area contributed by atoms with Crippen molar-refractivity contribution >= 4 is 11.8 Å². The molecule has 1 aliphatic rings. The molecule has 27 heavy (non-hydrogen) atoms. The molecule has 1 aromatic rings. The van der Waals surface area contributed by atoms with Crippen LogP contribution in [0, 0.1) is 0 Å². The predicted molar refractivity (Wildman–Crippen MR) is 102 cm³/mol. The quantitative estimate of drug-likeness (QED) is 0.689. The normalized spacial score (nSPS) is 14.6. The van der Waals surface area contributed by atoms with Gasteiger partial charge in [0.1, 0.15) is 6.61 Å². The van der Waals surface area contributed by atoms with Crippen LogP contribution in [0.2, 0.25) is 0 Å². The summed E-state index contributed by atoms with van der Waals surface area (Å²) in [4.78, 5) is 28.2. The van der Waals surface area contributed by atoms with Gasteiger partial charge in [0, 0.05) is 39.7 Å². The lowest BCUT2D eigenvalue weighted by molar-refractivity contribution is -0.136. The zero-order chi connectivity index (χ0) is 19.6. The van der Waals surface area contributed by atoms with Gasteiger partial charge in [-0.25, -0.2) is 0 Å². The standard InChI is InChI=1S/C20H30N2O5/c1-4-27-17-8-6-16(14-18(17)26-3)7-9-19(23)21-10-5-11-22(13-12-21)20(24)15-25-2/h6,8,14H,4-5,7,9-13,15H2,1-3H3. The minimum absolute atomic E-state index is 0.0201. The average Bonchev–Trinajstić information content (AvgIpc) is 2.93. The molecule has 0 saturated carbocycles. The summed E-state index contributed by atoms with van der Waals surface area (Å²) in [5.74, 6) is 1.49. The Kier molecular flexibility index (Phi) is 8.39. The minimum Gasteiger partial charge on any atom is -0.493 e. The Hall–Kier alpha value is -2.28. The fraction of sp³-hybridized carbons (Fsp3) is 0.600. The molecule has 0 aliphatic carbocycles. The summed E-state index contributed by atoms with van der Waals surface area (Å²) in [5, 5.41) is 0. The first-order valence-electron chi connectivity index (χ1n) is 9.43. The Morgan fingerprint density at radius 2 is 1.70 bits per heavy atom.